The lowest BCUT2D eigenvalue weighted by Crippen LogP contribution is -2.09. The van der Waals surface area contributed by atoms with Gasteiger partial charge < -0.3 is 0 Å². The van der Waals surface area contributed by atoms with Crippen LogP contribution in [0.25, 0.3) is 6.08 Å². The molecule has 0 amide bonds. The van der Waals surface area contributed by atoms with Crippen LogP contribution in [0.15, 0.2) is 43.0 Å². The van der Waals surface area contributed by atoms with Crippen molar-refractivity contribution in [1.29, 1.82) is 0 Å². The Kier molecular flexibility index (Phi) is 4.43. The molecule has 0 saturated heterocycles. The molecule has 2 aromatic carbocycles. The number of hydrogen-bond donors (Lipinski definition) is 0. The summed E-state index contributed by atoms with van der Waals surface area (Å²) in [5, 5.41) is 0.548. The Morgan fingerprint density at radius 2 is 1.86 bits per heavy atom. The summed E-state index contributed by atoms with van der Waals surface area (Å²) in [7, 11) is 0. The van der Waals surface area contributed by atoms with Crippen LogP contribution in [0.5, 0.6) is 0 Å². The van der Waals surface area contributed by atoms with Gasteiger partial charge in [-0.3, -0.25) is 0 Å². The Labute approximate surface area is 126 Å². The van der Waals surface area contributed by atoms with Crippen LogP contribution in [-0.2, 0) is 12.6 Å². The highest BCUT2D eigenvalue weighted by molar-refractivity contribution is 6.31. The van der Waals surface area contributed by atoms with E-state index in [-0.39, 0.29) is 5.56 Å². The Morgan fingerprint density at radius 3 is 2.43 bits per heavy atom. The van der Waals surface area contributed by atoms with Gasteiger partial charge in [0.15, 0.2) is 0 Å². The molecular formula is C17H14ClF3. The molecule has 0 unspecified atom stereocenters. The molecule has 0 bridgehead atoms. The van der Waals surface area contributed by atoms with E-state index in [1.54, 1.807) is 18.2 Å². The summed E-state index contributed by atoms with van der Waals surface area (Å²) in [5.74, 6) is 0. The third-order valence-corrected chi connectivity index (χ3v) is 3.75. The third-order valence-electron chi connectivity index (χ3n) is 3.39. The summed E-state index contributed by atoms with van der Waals surface area (Å²) in [6, 6.07) is 10.0. The van der Waals surface area contributed by atoms with E-state index >= 15 is 0 Å². The SMILES string of the molecule is C=Cc1cc(Cc2ccccc2Cl)cc(C(F)(F)F)c1C. The number of hydrogen-bond acceptors (Lipinski definition) is 0. The molecule has 21 heavy (non-hydrogen) atoms. The fraction of sp³-hybridized carbons (Fsp3) is 0.176. The van der Waals surface area contributed by atoms with Crippen LogP contribution < -0.4 is 0 Å². The molecule has 0 saturated carbocycles. The lowest BCUT2D eigenvalue weighted by Gasteiger charge is -2.15. The van der Waals surface area contributed by atoms with E-state index in [0.29, 0.717) is 22.6 Å². The standard InChI is InChI=1S/C17H14ClF3/c1-3-13-8-12(9-14-6-4-5-7-16(14)18)10-15(11(13)2)17(19,20)21/h3-8,10H,1,9H2,2H3. The van der Waals surface area contributed by atoms with Crippen LogP contribution in [0.3, 0.4) is 0 Å². The molecular weight excluding hydrogens is 297 g/mol. The predicted molar refractivity (Wildman–Crippen MR) is 80.5 cm³/mol. The normalized spacial score (nSPS) is 11.5. The first-order valence-electron chi connectivity index (χ1n) is 6.39. The maximum Gasteiger partial charge on any atom is 0.416 e. The maximum absolute atomic E-state index is 13.1. The van der Waals surface area contributed by atoms with Crippen molar-refractivity contribution in [3.63, 3.8) is 0 Å². The van der Waals surface area contributed by atoms with E-state index in [2.05, 4.69) is 6.58 Å². The van der Waals surface area contributed by atoms with E-state index in [1.807, 2.05) is 12.1 Å². The van der Waals surface area contributed by atoms with Crippen LogP contribution in [0.1, 0.15) is 27.8 Å². The van der Waals surface area contributed by atoms with Crippen molar-refractivity contribution in [2.24, 2.45) is 0 Å². The van der Waals surface area contributed by atoms with Crippen LogP contribution in [0.2, 0.25) is 5.02 Å². The average molecular weight is 311 g/mol. The minimum Gasteiger partial charge on any atom is -0.166 e. The van der Waals surface area contributed by atoms with E-state index in [4.69, 9.17) is 11.6 Å². The zero-order valence-corrected chi connectivity index (χ0v) is 12.2. The quantitative estimate of drug-likeness (QED) is 0.662. The zero-order chi connectivity index (χ0) is 15.6. The Hall–Kier alpha value is -1.74. The van der Waals surface area contributed by atoms with E-state index in [9.17, 15) is 13.2 Å². The van der Waals surface area contributed by atoms with Crippen molar-refractivity contribution in [1.82, 2.24) is 0 Å². The maximum atomic E-state index is 13.1. The zero-order valence-electron chi connectivity index (χ0n) is 11.5. The summed E-state index contributed by atoms with van der Waals surface area (Å²) >= 11 is 6.07. The molecule has 0 fully saturated rings. The van der Waals surface area contributed by atoms with Crippen molar-refractivity contribution in [3.05, 3.63) is 75.8 Å². The summed E-state index contributed by atoms with van der Waals surface area (Å²) < 4.78 is 39.3. The number of benzene rings is 2. The minimum absolute atomic E-state index is 0.195. The van der Waals surface area contributed by atoms with Crippen molar-refractivity contribution in [2.75, 3.05) is 0 Å². The fourth-order valence-electron chi connectivity index (χ4n) is 2.27. The largest absolute Gasteiger partial charge is 0.416 e. The van der Waals surface area contributed by atoms with E-state index in [1.165, 1.54) is 19.1 Å². The monoisotopic (exact) mass is 310 g/mol. The minimum atomic E-state index is -4.38. The van der Waals surface area contributed by atoms with Gasteiger partial charge in [-0.25, -0.2) is 0 Å². The molecule has 0 aliphatic carbocycles. The van der Waals surface area contributed by atoms with Crippen LogP contribution in [-0.4, -0.2) is 0 Å². The van der Waals surface area contributed by atoms with Gasteiger partial charge in [-0.05, 0) is 47.7 Å². The average Bonchev–Trinajstić information content (AvgIpc) is 2.41. The molecule has 0 nitrogen and oxygen atoms in total. The van der Waals surface area contributed by atoms with Gasteiger partial charge in [0.05, 0.1) is 5.56 Å². The van der Waals surface area contributed by atoms with Gasteiger partial charge >= 0.3 is 6.18 Å². The van der Waals surface area contributed by atoms with Crippen molar-refractivity contribution >= 4 is 17.7 Å². The van der Waals surface area contributed by atoms with Gasteiger partial charge in [-0.1, -0.05) is 48.5 Å². The van der Waals surface area contributed by atoms with Crippen LogP contribution in [0, 0.1) is 6.92 Å². The second kappa shape index (κ2) is 5.94. The lowest BCUT2D eigenvalue weighted by molar-refractivity contribution is -0.138. The smallest absolute Gasteiger partial charge is 0.166 e. The second-order valence-corrected chi connectivity index (χ2v) is 5.23. The highest BCUT2D eigenvalue weighted by Gasteiger charge is 2.33. The number of halogens is 4. The van der Waals surface area contributed by atoms with Gasteiger partial charge in [0.25, 0.3) is 0 Å². The first kappa shape index (κ1) is 15.6. The summed E-state index contributed by atoms with van der Waals surface area (Å²) in [6.07, 6.45) is -2.58. The Bertz CT molecular complexity index is 672. The number of alkyl halides is 3. The molecule has 0 aromatic heterocycles. The second-order valence-electron chi connectivity index (χ2n) is 4.83. The Morgan fingerprint density at radius 1 is 1.19 bits per heavy atom. The Balaban J connectivity index is 2.50. The highest BCUT2D eigenvalue weighted by atomic mass is 35.5. The predicted octanol–water partition coefficient (Wildman–Crippen LogP) is 5.90. The van der Waals surface area contributed by atoms with Gasteiger partial charge in [-0.2, -0.15) is 13.2 Å². The van der Waals surface area contributed by atoms with Gasteiger partial charge in [0.2, 0.25) is 0 Å². The molecule has 0 aliphatic heterocycles. The van der Waals surface area contributed by atoms with Crippen molar-refractivity contribution in [2.45, 2.75) is 19.5 Å². The molecule has 110 valence electrons. The topological polar surface area (TPSA) is 0 Å². The molecule has 4 heteroatoms. The molecule has 0 aliphatic rings. The first-order chi connectivity index (χ1) is 9.82. The lowest BCUT2D eigenvalue weighted by atomic mass is 9.95. The van der Waals surface area contributed by atoms with Gasteiger partial charge in [-0.15, -0.1) is 0 Å². The number of rotatable bonds is 3. The van der Waals surface area contributed by atoms with Crippen molar-refractivity contribution in [3.8, 4) is 0 Å². The summed E-state index contributed by atoms with van der Waals surface area (Å²) in [5.41, 5.74) is 1.43. The molecule has 0 radical (unpaired) electrons. The van der Waals surface area contributed by atoms with Gasteiger partial charge in [0, 0.05) is 5.02 Å². The summed E-state index contributed by atoms with van der Waals surface area (Å²) in [6.45, 7) is 5.04. The first-order valence-corrected chi connectivity index (χ1v) is 6.77. The van der Waals surface area contributed by atoms with Crippen LogP contribution in [0.4, 0.5) is 13.2 Å². The van der Waals surface area contributed by atoms with Crippen LogP contribution >= 0.6 is 11.6 Å². The molecule has 2 rings (SSSR count). The molecule has 0 atom stereocenters. The van der Waals surface area contributed by atoms with Crippen molar-refractivity contribution < 1.29 is 13.2 Å². The van der Waals surface area contributed by atoms with E-state index in [0.717, 1.165) is 5.56 Å². The molecule has 0 heterocycles. The molecule has 2 aromatic rings. The fourth-order valence-corrected chi connectivity index (χ4v) is 2.47. The molecule has 0 spiro atoms. The third kappa shape index (κ3) is 3.48. The molecule has 0 N–H and O–H groups in total. The van der Waals surface area contributed by atoms with E-state index < -0.39 is 11.7 Å². The van der Waals surface area contributed by atoms with Gasteiger partial charge in [0.1, 0.15) is 0 Å². The summed E-state index contributed by atoms with van der Waals surface area (Å²) in [4.78, 5) is 0. The highest BCUT2D eigenvalue weighted by Crippen LogP contribution is 2.35.